The molecule has 1 aliphatic rings. The molecule has 1 fully saturated rings. The van der Waals surface area contributed by atoms with Crippen molar-refractivity contribution in [3.8, 4) is 0 Å². The summed E-state index contributed by atoms with van der Waals surface area (Å²) >= 11 is 11.9. The molecule has 1 aliphatic heterocycles. The van der Waals surface area contributed by atoms with Gasteiger partial charge in [0.2, 0.25) is 5.91 Å². The maximum atomic E-state index is 15.1. The van der Waals surface area contributed by atoms with Gasteiger partial charge in [0.1, 0.15) is 35.7 Å². The normalized spacial score (nSPS) is 15.5. The molecule has 1 saturated heterocycles. The highest BCUT2D eigenvalue weighted by atomic mass is 35.5. The molecule has 1 amide bonds. The van der Waals surface area contributed by atoms with E-state index in [4.69, 9.17) is 23.2 Å². The Balaban J connectivity index is 1.21. The molecule has 1 unspecified atom stereocenters. The fraction of sp³-hybridized carbons (Fsp3) is 0.233. The van der Waals surface area contributed by atoms with Crippen molar-refractivity contribution in [2.24, 2.45) is 0 Å². The molecule has 0 bridgehead atoms. The molecular formula is C30H27Cl2F3N6O2. The number of rotatable bonds is 9. The predicted octanol–water partition coefficient (Wildman–Crippen LogP) is 5.36. The summed E-state index contributed by atoms with van der Waals surface area (Å²) in [7, 11) is 0. The summed E-state index contributed by atoms with van der Waals surface area (Å²) < 4.78 is 44.9. The van der Waals surface area contributed by atoms with E-state index < -0.39 is 29.0 Å². The molecule has 0 radical (unpaired) electrons. The number of carbonyl (C=O) groups is 1. The lowest BCUT2D eigenvalue weighted by Gasteiger charge is -2.40. The lowest BCUT2D eigenvalue weighted by atomic mass is 9.92. The fourth-order valence-electron chi connectivity index (χ4n) is 5.00. The summed E-state index contributed by atoms with van der Waals surface area (Å²) in [5, 5.41) is 19.1. The number of anilines is 2. The van der Waals surface area contributed by atoms with E-state index in [0.717, 1.165) is 12.1 Å². The van der Waals surface area contributed by atoms with Gasteiger partial charge in [-0.1, -0.05) is 35.3 Å². The van der Waals surface area contributed by atoms with Crippen LogP contribution in [0.2, 0.25) is 10.0 Å². The first-order chi connectivity index (χ1) is 20.6. The Hall–Kier alpha value is -3.90. The average molecular weight is 631 g/mol. The van der Waals surface area contributed by atoms with Crippen molar-refractivity contribution in [3.63, 3.8) is 0 Å². The minimum Gasteiger partial charge on any atom is -0.382 e. The molecule has 2 heterocycles. The van der Waals surface area contributed by atoms with Crippen LogP contribution in [0.1, 0.15) is 11.1 Å². The van der Waals surface area contributed by atoms with E-state index in [1.54, 1.807) is 36.4 Å². The second-order valence-electron chi connectivity index (χ2n) is 10.2. The molecule has 8 nitrogen and oxygen atoms in total. The first kappa shape index (κ1) is 30.6. The summed E-state index contributed by atoms with van der Waals surface area (Å²) in [6.07, 6.45) is 5.59. The molecule has 3 aromatic carbocycles. The summed E-state index contributed by atoms with van der Waals surface area (Å²) in [5.74, 6) is -2.55. The number of halogens is 5. The van der Waals surface area contributed by atoms with Crippen LogP contribution in [0.4, 0.5) is 24.5 Å². The minimum atomic E-state index is -1.73. The van der Waals surface area contributed by atoms with Crippen LogP contribution in [0.5, 0.6) is 0 Å². The van der Waals surface area contributed by atoms with Crippen molar-refractivity contribution in [2.45, 2.75) is 12.1 Å². The zero-order valence-electron chi connectivity index (χ0n) is 22.7. The average Bonchev–Trinajstić information content (AvgIpc) is 3.47. The highest BCUT2D eigenvalue weighted by Gasteiger charge is 2.36. The van der Waals surface area contributed by atoms with E-state index in [2.05, 4.69) is 15.4 Å². The van der Waals surface area contributed by atoms with Gasteiger partial charge < -0.3 is 15.3 Å². The third kappa shape index (κ3) is 7.55. The number of amides is 1. The number of benzene rings is 3. The van der Waals surface area contributed by atoms with Gasteiger partial charge in [-0.25, -0.2) is 22.8 Å². The molecule has 43 heavy (non-hydrogen) atoms. The fourth-order valence-corrected chi connectivity index (χ4v) is 5.31. The number of carbonyl (C=O) groups excluding carboxylic acids is 1. The van der Waals surface area contributed by atoms with Crippen LogP contribution in [-0.2, 0) is 16.9 Å². The van der Waals surface area contributed by atoms with Gasteiger partial charge >= 0.3 is 0 Å². The number of piperazine rings is 1. The van der Waals surface area contributed by atoms with E-state index >= 15 is 4.39 Å². The van der Waals surface area contributed by atoms with Crippen LogP contribution in [0.3, 0.4) is 0 Å². The largest absolute Gasteiger partial charge is 0.382 e. The number of hydrogen-bond acceptors (Lipinski definition) is 6. The number of aliphatic hydroxyl groups is 1. The van der Waals surface area contributed by atoms with Crippen molar-refractivity contribution in [1.29, 1.82) is 0 Å². The van der Waals surface area contributed by atoms with Crippen molar-refractivity contribution in [2.75, 3.05) is 42.9 Å². The van der Waals surface area contributed by atoms with E-state index in [-0.39, 0.29) is 18.7 Å². The number of β-amino-alcohol motifs (C(OH)–C–C–N with tert-alkyl or cyclic N) is 1. The standard InChI is InChI=1S/C30H27Cl2F3N6O2/c31-24-6-1-20(13-25(24)32)2-8-29(42)38-22-4-7-28(27(35)15-22)40-11-9-39(10-12-40)16-30(43,17-41-19-36-18-37-41)23-5-3-21(33)14-26(23)34/h1-8,13-15,18-19,43H,9-12,16-17H2,(H,38,42)/b8-2+. The van der Waals surface area contributed by atoms with Gasteiger partial charge in [-0.05, 0) is 48.0 Å². The molecule has 0 spiro atoms. The van der Waals surface area contributed by atoms with Crippen LogP contribution >= 0.6 is 23.2 Å². The third-order valence-corrected chi connectivity index (χ3v) is 7.85. The molecule has 224 valence electrons. The van der Waals surface area contributed by atoms with Gasteiger partial charge in [0.25, 0.3) is 0 Å². The molecular weight excluding hydrogens is 604 g/mol. The van der Waals surface area contributed by atoms with E-state index in [9.17, 15) is 18.7 Å². The third-order valence-electron chi connectivity index (χ3n) is 7.11. The van der Waals surface area contributed by atoms with Gasteiger partial charge in [-0.15, -0.1) is 0 Å². The smallest absolute Gasteiger partial charge is 0.248 e. The molecule has 5 rings (SSSR count). The number of nitrogens with zero attached hydrogens (tertiary/aromatic N) is 5. The first-order valence-corrected chi connectivity index (χ1v) is 14.1. The summed E-state index contributed by atoms with van der Waals surface area (Å²) in [4.78, 5) is 20.0. The monoisotopic (exact) mass is 630 g/mol. The van der Waals surface area contributed by atoms with Crippen molar-refractivity contribution in [3.05, 3.63) is 112 Å². The summed E-state index contributed by atoms with van der Waals surface area (Å²) in [6.45, 7) is 1.69. The Morgan fingerprint density at radius 1 is 0.953 bits per heavy atom. The van der Waals surface area contributed by atoms with Crippen LogP contribution in [-0.4, -0.2) is 63.4 Å². The Morgan fingerprint density at radius 2 is 1.74 bits per heavy atom. The van der Waals surface area contributed by atoms with E-state index in [1.807, 2.05) is 9.80 Å². The summed E-state index contributed by atoms with van der Waals surface area (Å²) in [6, 6.07) is 12.5. The molecule has 1 atom stereocenters. The molecule has 13 heteroatoms. The highest BCUT2D eigenvalue weighted by molar-refractivity contribution is 6.42. The molecule has 0 saturated carbocycles. The Kier molecular flexibility index (Phi) is 9.36. The van der Waals surface area contributed by atoms with Gasteiger partial charge in [0, 0.05) is 56.1 Å². The van der Waals surface area contributed by atoms with Crippen LogP contribution in [0.25, 0.3) is 6.08 Å². The SMILES string of the molecule is O=C(/C=C/c1ccc(Cl)c(Cl)c1)Nc1ccc(N2CCN(CC(O)(Cn3cncn3)c3ccc(F)cc3F)CC2)c(F)c1. The second kappa shape index (κ2) is 13.2. The zero-order chi connectivity index (χ0) is 30.6. The van der Waals surface area contributed by atoms with Gasteiger partial charge in [0.05, 0.1) is 22.3 Å². The predicted molar refractivity (Wildman–Crippen MR) is 159 cm³/mol. The van der Waals surface area contributed by atoms with Crippen LogP contribution in [0, 0.1) is 17.5 Å². The van der Waals surface area contributed by atoms with Gasteiger partial charge in [0.15, 0.2) is 0 Å². The number of aromatic nitrogens is 3. The van der Waals surface area contributed by atoms with Gasteiger partial charge in [-0.3, -0.25) is 9.69 Å². The van der Waals surface area contributed by atoms with Crippen LogP contribution < -0.4 is 10.2 Å². The Labute approximate surface area is 256 Å². The number of nitrogens with one attached hydrogen (secondary N) is 1. The minimum absolute atomic E-state index is 0.0342. The second-order valence-corrected chi connectivity index (χ2v) is 11.0. The maximum absolute atomic E-state index is 15.1. The molecule has 0 aliphatic carbocycles. The van der Waals surface area contributed by atoms with E-state index in [0.29, 0.717) is 53.2 Å². The lowest BCUT2D eigenvalue weighted by molar-refractivity contribution is -0.111. The molecule has 4 aromatic rings. The first-order valence-electron chi connectivity index (χ1n) is 13.3. The Bertz CT molecular complexity index is 1630. The topological polar surface area (TPSA) is 86.5 Å². The molecule has 2 N–H and O–H groups in total. The van der Waals surface area contributed by atoms with Crippen molar-refractivity contribution < 1.29 is 23.1 Å². The van der Waals surface area contributed by atoms with Gasteiger partial charge in [-0.2, -0.15) is 5.10 Å². The highest BCUT2D eigenvalue weighted by Crippen LogP contribution is 2.30. The maximum Gasteiger partial charge on any atom is 0.248 e. The summed E-state index contributed by atoms with van der Waals surface area (Å²) in [5.41, 5.74) is -0.436. The van der Waals surface area contributed by atoms with Crippen LogP contribution in [0.15, 0.2) is 73.3 Å². The lowest BCUT2D eigenvalue weighted by Crippen LogP contribution is -2.52. The van der Waals surface area contributed by atoms with Crippen molar-refractivity contribution >= 4 is 46.6 Å². The number of hydrogen-bond donors (Lipinski definition) is 2. The zero-order valence-corrected chi connectivity index (χ0v) is 24.2. The van der Waals surface area contributed by atoms with Crippen molar-refractivity contribution in [1.82, 2.24) is 19.7 Å². The van der Waals surface area contributed by atoms with E-state index in [1.165, 1.54) is 35.5 Å². The molecule has 1 aromatic heterocycles. The Morgan fingerprint density at radius 3 is 2.42 bits per heavy atom. The quantitative estimate of drug-likeness (QED) is 0.242.